The Morgan fingerprint density at radius 3 is 1.59 bits per heavy atom. The van der Waals surface area contributed by atoms with Gasteiger partial charge in [-0.1, -0.05) is 152 Å². The molecule has 0 spiro atoms. The molecule has 0 bridgehead atoms. The SMILES string of the molecule is c1ccc(-c2ccc(N(c3ccccc3)c3cccc(-c4cccc(N(c5ccccc5)c5ccc6c(c5)c5ccc7sc8ccccc8c7c5n6-c5ccc6c(c5)Oc5ccccc5O6)c4)c3)c3sc4ccccc4c23)cc1. The number of fused-ring (bicyclic) bond motifs is 12. The summed E-state index contributed by atoms with van der Waals surface area (Å²) in [5, 5.41) is 7.37. The summed E-state index contributed by atoms with van der Waals surface area (Å²) in [7, 11) is 0. The van der Waals surface area contributed by atoms with Crippen LogP contribution in [0.5, 0.6) is 23.0 Å². The molecule has 0 fully saturated rings. The van der Waals surface area contributed by atoms with Crippen molar-refractivity contribution >= 4 is 119 Å². The van der Waals surface area contributed by atoms with Gasteiger partial charge in [-0.2, -0.15) is 0 Å². The molecule has 15 aromatic rings. The van der Waals surface area contributed by atoms with Crippen LogP contribution in [0, 0.1) is 0 Å². The molecule has 1 aliphatic heterocycles. The van der Waals surface area contributed by atoms with E-state index in [2.05, 4.69) is 257 Å². The van der Waals surface area contributed by atoms with E-state index >= 15 is 0 Å². The number of rotatable bonds is 9. The number of anilines is 6. The van der Waals surface area contributed by atoms with Gasteiger partial charge in [-0.05, 0) is 138 Å². The highest BCUT2D eigenvalue weighted by atomic mass is 32.1. The van der Waals surface area contributed by atoms with Crippen molar-refractivity contribution in [2.24, 2.45) is 0 Å². The lowest BCUT2D eigenvalue weighted by atomic mass is 9.98. The van der Waals surface area contributed by atoms with Crippen molar-refractivity contribution < 1.29 is 9.47 Å². The molecule has 0 N–H and O–H groups in total. The topological polar surface area (TPSA) is 29.9 Å². The number of nitrogens with zero attached hydrogens (tertiary/aromatic N) is 3. The molecule has 0 radical (unpaired) electrons. The van der Waals surface area contributed by atoms with Crippen molar-refractivity contribution in [1.82, 2.24) is 4.57 Å². The van der Waals surface area contributed by atoms with Gasteiger partial charge in [-0.3, -0.25) is 0 Å². The molecule has 5 nitrogen and oxygen atoms in total. The largest absolute Gasteiger partial charge is 0.450 e. The summed E-state index contributed by atoms with van der Waals surface area (Å²) in [4.78, 5) is 4.82. The Kier molecular flexibility index (Phi) is 10.5. The Morgan fingerprint density at radius 2 is 0.873 bits per heavy atom. The highest BCUT2D eigenvalue weighted by molar-refractivity contribution is 7.26. The molecular weight excluding hydrogens is 1000 g/mol. The Balaban J connectivity index is 0.842. The Labute approximate surface area is 463 Å². The molecule has 16 rings (SSSR count). The van der Waals surface area contributed by atoms with E-state index in [-0.39, 0.29) is 0 Å². The number of benzene rings is 12. The fourth-order valence-electron chi connectivity index (χ4n) is 11.9. The molecule has 0 atom stereocenters. The van der Waals surface area contributed by atoms with E-state index in [1.807, 2.05) is 53.0 Å². The summed E-state index contributed by atoms with van der Waals surface area (Å²) in [5.74, 6) is 2.80. The Bertz CT molecular complexity index is 4870. The second-order valence-corrected chi connectivity index (χ2v) is 22.1. The van der Waals surface area contributed by atoms with Crippen LogP contribution in [0.2, 0.25) is 0 Å². The van der Waals surface area contributed by atoms with Crippen molar-refractivity contribution in [2.75, 3.05) is 9.80 Å². The Hall–Kier alpha value is -9.92. The predicted octanol–water partition coefficient (Wildman–Crippen LogP) is 21.7. The second kappa shape index (κ2) is 18.4. The van der Waals surface area contributed by atoms with Gasteiger partial charge in [0.25, 0.3) is 0 Å². The lowest BCUT2D eigenvalue weighted by molar-refractivity contribution is 0.359. The van der Waals surface area contributed by atoms with Gasteiger partial charge in [-0.25, -0.2) is 0 Å². The zero-order valence-corrected chi connectivity index (χ0v) is 44.1. The highest BCUT2D eigenvalue weighted by Crippen LogP contribution is 2.51. The minimum absolute atomic E-state index is 0.685. The molecular formula is C72H45N3O2S2. The summed E-state index contributed by atoms with van der Waals surface area (Å²) in [6.45, 7) is 0. The lowest BCUT2D eigenvalue weighted by Crippen LogP contribution is -2.10. The predicted molar refractivity (Wildman–Crippen MR) is 333 cm³/mol. The number of aromatic nitrogens is 1. The molecule has 0 saturated carbocycles. The Morgan fingerprint density at radius 1 is 0.316 bits per heavy atom. The van der Waals surface area contributed by atoms with Crippen LogP contribution in [0.4, 0.5) is 34.1 Å². The van der Waals surface area contributed by atoms with Crippen LogP contribution in [-0.4, -0.2) is 4.57 Å². The number of para-hydroxylation sites is 4. The molecule has 372 valence electrons. The molecule has 0 unspecified atom stereocenters. The van der Waals surface area contributed by atoms with Gasteiger partial charge >= 0.3 is 0 Å². The molecule has 0 aliphatic carbocycles. The number of ether oxygens (including phenoxy) is 2. The highest BCUT2D eigenvalue weighted by Gasteiger charge is 2.25. The van der Waals surface area contributed by atoms with E-state index in [0.717, 1.165) is 67.4 Å². The summed E-state index contributed by atoms with van der Waals surface area (Å²) >= 11 is 3.70. The van der Waals surface area contributed by atoms with Gasteiger partial charge in [0.15, 0.2) is 23.0 Å². The van der Waals surface area contributed by atoms with E-state index in [1.54, 1.807) is 0 Å². The third kappa shape index (κ3) is 7.50. The maximum Gasteiger partial charge on any atom is 0.172 e. The van der Waals surface area contributed by atoms with E-state index in [4.69, 9.17) is 9.47 Å². The summed E-state index contributed by atoms with van der Waals surface area (Å²) in [5.41, 5.74) is 14.4. The minimum atomic E-state index is 0.685. The van der Waals surface area contributed by atoms with E-state index in [0.29, 0.717) is 23.0 Å². The average Bonchev–Trinajstić information content (AvgIpc) is 4.11. The molecule has 12 aromatic carbocycles. The first kappa shape index (κ1) is 45.3. The van der Waals surface area contributed by atoms with Gasteiger partial charge in [0, 0.05) is 80.9 Å². The fourth-order valence-corrected chi connectivity index (χ4v) is 14.2. The van der Waals surface area contributed by atoms with Crippen LogP contribution >= 0.6 is 22.7 Å². The maximum atomic E-state index is 6.53. The first-order chi connectivity index (χ1) is 39.2. The second-order valence-electron chi connectivity index (χ2n) is 20.0. The smallest absolute Gasteiger partial charge is 0.172 e. The van der Waals surface area contributed by atoms with Crippen LogP contribution < -0.4 is 19.3 Å². The van der Waals surface area contributed by atoms with Gasteiger partial charge in [0.1, 0.15) is 0 Å². The first-order valence-corrected chi connectivity index (χ1v) is 28.2. The molecule has 7 heteroatoms. The standard InChI is InChI=1S/C72H45N3O2S2/c1-4-18-46(19-5-1)55-36-39-61(72-69(55)57-28-10-15-33-67(57)79-72)74(50-24-8-3-9-25-50)52-27-17-21-48(43-52)47-20-16-26-51(42-47)73(49-22-6-2-7-23-49)53-34-38-60-59(44-53)56-37-41-68-70(58-29-11-14-32-66(58)78-68)71(56)75(60)54-35-40-64-65(45-54)77-63-31-13-12-30-62(63)76-64/h1-45H. The van der Waals surface area contributed by atoms with Crippen LogP contribution in [0.25, 0.3) is 90.1 Å². The molecule has 0 amide bonds. The van der Waals surface area contributed by atoms with E-state index in [1.165, 1.54) is 56.9 Å². The lowest BCUT2D eigenvalue weighted by Gasteiger charge is -2.27. The zero-order valence-electron chi connectivity index (χ0n) is 42.5. The normalized spacial score (nSPS) is 12.0. The van der Waals surface area contributed by atoms with Crippen LogP contribution in [-0.2, 0) is 0 Å². The quantitative estimate of drug-likeness (QED) is 0.144. The van der Waals surface area contributed by atoms with Gasteiger partial charge in [0.05, 0.1) is 27.1 Å². The number of hydrogen-bond donors (Lipinski definition) is 0. The molecule has 4 heterocycles. The third-order valence-corrected chi connectivity index (χ3v) is 17.7. The molecule has 1 aliphatic rings. The maximum absolute atomic E-state index is 6.53. The van der Waals surface area contributed by atoms with Crippen molar-refractivity contribution in [2.45, 2.75) is 0 Å². The van der Waals surface area contributed by atoms with Crippen LogP contribution in [0.15, 0.2) is 273 Å². The monoisotopic (exact) mass is 1050 g/mol. The van der Waals surface area contributed by atoms with Crippen molar-refractivity contribution in [1.29, 1.82) is 0 Å². The molecule has 79 heavy (non-hydrogen) atoms. The fraction of sp³-hybridized carbons (Fsp3) is 0. The van der Waals surface area contributed by atoms with Crippen LogP contribution in [0.1, 0.15) is 0 Å². The summed E-state index contributed by atoms with van der Waals surface area (Å²) in [6, 6.07) is 98.2. The van der Waals surface area contributed by atoms with Crippen molar-refractivity contribution in [3.8, 4) is 50.9 Å². The van der Waals surface area contributed by atoms with Crippen LogP contribution in [0.3, 0.4) is 0 Å². The first-order valence-electron chi connectivity index (χ1n) is 26.5. The zero-order chi connectivity index (χ0) is 52.0. The summed E-state index contributed by atoms with van der Waals surface area (Å²) < 4.78 is 20.3. The summed E-state index contributed by atoms with van der Waals surface area (Å²) in [6.07, 6.45) is 0. The van der Waals surface area contributed by atoms with Gasteiger partial charge in [-0.15, -0.1) is 22.7 Å². The van der Waals surface area contributed by atoms with Crippen molar-refractivity contribution in [3.05, 3.63) is 273 Å². The minimum Gasteiger partial charge on any atom is -0.450 e. The molecule has 0 saturated heterocycles. The average molecular weight is 1050 g/mol. The third-order valence-electron chi connectivity index (χ3n) is 15.4. The van der Waals surface area contributed by atoms with E-state index in [9.17, 15) is 0 Å². The number of hydrogen-bond acceptors (Lipinski definition) is 6. The van der Waals surface area contributed by atoms with Crippen molar-refractivity contribution in [3.63, 3.8) is 0 Å². The van der Waals surface area contributed by atoms with Gasteiger partial charge < -0.3 is 23.8 Å². The molecule has 3 aromatic heterocycles. The van der Waals surface area contributed by atoms with E-state index < -0.39 is 0 Å². The van der Waals surface area contributed by atoms with Gasteiger partial charge in [0.2, 0.25) is 0 Å². The number of thiophene rings is 2.